The summed E-state index contributed by atoms with van der Waals surface area (Å²) in [4.78, 5) is 11.9. The number of halogens is 2. The van der Waals surface area contributed by atoms with Gasteiger partial charge >= 0.3 is 0 Å². The highest BCUT2D eigenvalue weighted by atomic mass is 79.9. The van der Waals surface area contributed by atoms with Gasteiger partial charge in [-0.3, -0.25) is 4.79 Å². The van der Waals surface area contributed by atoms with E-state index in [0.717, 1.165) is 6.07 Å². The first-order valence-corrected chi connectivity index (χ1v) is 5.86. The minimum Gasteiger partial charge on any atom is -0.342 e. The van der Waals surface area contributed by atoms with Crippen LogP contribution < -0.4 is 5.32 Å². The number of aromatic nitrogens is 4. The van der Waals surface area contributed by atoms with Gasteiger partial charge in [0, 0.05) is 4.47 Å². The van der Waals surface area contributed by atoms with E-state index >= 15 is 0 Å². The van der Waals surface area contributed by atoms with Crippen molar-refractivity contribution in [3.63, 3.8) is 0 Å². The van der Waals surface area contributed by atoms with Gasteiger partial charge < -0.3 is 5.32 Å². The molecule has 0 radical (unpaired) electrons. The number of hydrogen-bond donors (Lipinski definition) is 2. The minimum absolute atomic E-state index is 0.213. The number of nitrogens with one attached hydrogen (secondary N) is 2. The molecular formula is C10H9BrFN5O. The molecule has 2 N–H and O–H groups in total. The average molecular weight is 314 g/mol. The van der Waals surface area contributed by atoms with E-state index in [9.17, 15) is 9.18 Å². The van der Waals surface area contributed by atoms with Crippen LogP contribution in [0.4, 0.5) is 4.39 Å². The number of benzene rings is 1. The molecule has 1 atom stereocenters. The third kappa shape index (κ3) is 2.70. The Morgan fingerprint density at radius 3 is 3.00 bits per heavy atom. The van der Waals surface area contributed by atoms with Gasteiger partial charge in [-0.05, 0) is 41.1 Å². The molecule has 1 amide bonds. The summed E-state index contributed by atoms with van der Waals surface area (Å²) in [5, 5.41) is 15.8. The summed E-state index contributed by atoms with van der Waals surface area (Å²) < 4.78 is 13.6. The summed E-state index contributed by atoms with van der Waals surface area (Å²) in [6.07, 6.45) is 0. The molecule has 0 aliphatic heterocycles. The molecular weight excluding hydrogens is 305 g/mol. The van der Waals surface area contributed by atoms with Crippen LogP contribution in [0.15, 0.2) is 22.7 Å². The summed E-state index contributed by atoms with van der Waals surface area (Å²) in [5.41, 5.74) is 0.213. The van der Waals surface area contributed by atoms with Crippen molar-refractivity contribution >= 4 is 21.8 Å². The molecule has 1 heterocycles. The number of H-pyrrole nitrogens is 1. The Kier molecular flexibility index (Phi) is 3.66. The van der Waals surface area contributed by atoms with Crippen LogP contribution >= 0.6 is 15.9 Å². The highest BCUT2D eigenvalue weighted by Crippen LogP contribution is 2.18. The first-order chi connectivity index (χ1) is 8.58. The van der Waals surface area contributed by atoms with Crippen LogP contribution in [0.2, 0.25) is 0 Å². The van der Waals surface area contributed by atoms with Crippen LogP contribution in [0.1, 0.15) is 29.1 Å². The molecule has 0 bridgehead atoms. The average Bonchev–Trinajstić information content (AvgIpc) is 2.85. The lowest BCUT2D eigenvalue weighted by molar-refractivity contribution is 0.0937. The van der Waals surface area contributed by atoms with E-state index in [-0.39, 0.29) is 5.56 Å². The van der Waals surface area contributed by atoms with Gasteiger partial charge in [-0.25, -0.2) is 4.39 Å². The Bertz CT molecular complexity index is 559. The number of hydrogen-bond acceptors (Lipinski definition) is 4. The third-order valence-electron chi connectivity index (χ3n) is 2.27. The fourth-order valence-electron chi connectivity index (χ4n) is 1.36. The van der Waals surface area contributed by atoms with E-state index in [0.29, 0.717) is 10.3 Å². The van der Waals surface area contributed by atoms with Crippen LogP contribution in [0.5, 0.6) is 0 Å². The zero-order valence-electron chi connectivity index (χ0n) is 9.32. The number of rotatable bonds is 3. The van der Waals surface area contributed by atoms with Crippen molar-refractivity contribution in [2.24, 2.45) is 0 Å². The van der Waals surface area contributed by atoms with Gasteiger partial charge in [-0.2, -0.15) is 5.21 Å². The molecule has 2 aromatic rings. The molecule has 0 fully saturated rings. The van der Waals surface area contributed by atoms with E-state index in [2.05, 4.69) is 41.9 Å². The lowest BCUT2D eigenvalue weighted by atomic mass is 10.2. The summed E-state index contributed by atoms with van der Waals surface area (Å²) in [7, 11) is 0. The predicted octanol–water partition coefficient (Wildman–Crippen LogP) is 1.59. The van der Waals surface area contributed by atoms with Crippen LogP contribution in [-0.4, -0.2) is 26.5 Å². The van der Waals surface area contributed by atoms with Crippen molar-refractivity contribution in [3.8, 4) is 0 Å². The summed E-state index contributed by atoms with van der Waals surface area (Å²) in [5.74, 6) is -0.537. The minimum atomic E-state index is -0.476. The fourth-order valence-corrected chi connectivity index (χ4v) is 1.79. The second-order valence-corrected chi connectivity index (χ2v) is 4.44. The van der Waals surface area contributed by atoms with E-state index in [1.165, 1.54) is 12.1 Å². The molecule has 0 aliphatic carbocycles. The first-order valence-electron chi connectivity index (χ1n) is 5.07. The van der Waals surface area contributed by atoms with E-state index in [1.807, 2.05) is 0 Å². The topological polar surface area (TPSA) is 83.6 Å². The lowest BCUT2D eigenvalue weighted by Gasteiger charge is -2.11. The zero-order valence-corrected chi connectivity index (χ0v) is 10.9. The molecule has 8 heteroatoms. The van der Waals surface area contributed by atoms with Crippen molar-refractivity contribution in [3.05, 3.63) is 39.9 Å². The molecule has 1 aromatic carbocycles. The van der Waals surface area contributed by atoms with E-state index < -0.39 is 17.8 Å². The van der Waals surface area contributed by atoms with Crippen molar-refractivity contribution < 1.29 is 9.18 Å². The SMILES string of the molecule is CC(NC(=O)c1cc(F)ccc1Br)c1nn[nH]n1. The van der Waals surface area contributed by atoms with Gasteiger partial charge in [0.25, 0.3) is 5.91 Å². The number of carbonyl (C=O) groups excluding carboxylic acids is 1. The Morgan fingerprint density at radius 1 is 1.56 bits per heavy atom. The standard InChI is InChI=1S/C10H9BrFN5O/c1-5(9-14-16-17-15-9)13-10(18)7-4-6(12)2-3-8(7)11/h2-5H,1H3,(H,13,18)(H,14,15,16,17). The predicted molar refractivity (Wildman–Crippen MR) is 64.2 cm³/mol. The molecule has 0 aliphatic rings. The van der Waals surface area contributed by atoms with Crippen LogP contribution in [0.25, 0.3) is 0 Å². The smallest absolute Gasteiger partial charge is 0.253 e. The Morgan fingerprint density at radius 2 is 2.33 bits per heavy atom. The maximum atomic E-state index is 13.1. The first kappa shape index (κ1) is 12.6. The molecule has 1 aromatic heterocycles. The third-order valence-corrected chi connectivity index (χ3v) is 2.96. The second-order valence-electron chi connectivity index (χ2n) is 3.59. The van der Waals surface area contributed by atoms with E-state index in [4.69, 9.17) is 0 Å². The zero-order chi connectivity index (χ0) is 13.1. The Labute approximate surface area is 110 Å². The Hall–Kier alpha value is -1.83. The molecule has 0 spiro atoms. The number of nitrogens with zero attached hydrogens (tertiary/aromatic N) is 3. The van der Waals surface area contributed by atoms with Crippen molar-refractivity contribution in [1.82, 2.24) is 25.9 Å². The lowest BCUT2D eigenvalue weighted by Crippen LogP contribution is -2.27. The van der Waals surface area contributed by atoms with Gasteiger partial charge in [-0.1, -0.05) is 5.21 Å². The molecule has 18 heavy (non-hydrogen) atoms. The van der Waals surface area contributed by atoms with Gasteiger partial charge in [-0.15, -0.1) is 10.2 Å². The van der Waals surface area contributed by atoms with Crippen LogP contribution in [0.3, 0.4) is 0 Å². The summed E-state index contributed by atoms with van der Waals surface area (Å²) >= 11 is 3.19. The molecule has 2 rings (SSSR count). The van der Waals surface area contributed by atoms with Gasteiger partial charge in [0.15, 0.2) is 5.82 Å². The monoisotopic (exact) mass is 313 g/mol. The van der Waals surface area contributed by atoms with Gasteiger partial charge in [0.05, 0.1) is 11.6 Å². The van der Waals surface area contributed by atoms with Gasteiger partial charge in [0.2, 0.25) is 0 Å². The van der Waals surface area contributed by atoms with Crippen molar-refractivity contribution in [1.29, 1.82) is 0 Å². The number of aromatic amines is 1. The second kappa shape index (κ2) is 5.21. The quantitative estimate of drug-likeness (QED) is 0.901. The molecule has 6 nitrogen and oxygen atoms in total. The maximum Gasteiger partial charge on any atom is 0.253 e. The highest BCUT2D eigenvalue weighted by molar-refractivity contribution is 9.10. The fraction of sp³-hybridized carbons (Fsp3) is 0.200. The summed E-state index contributed by atoms with van der Waals surface area (Å²) in [6, 6.07) is 3.47. The number of carbonyl (C=O) groups is 1. The van der Waals surface area contributed by atoms with Gasteiger partial charge in [0.1, 0.15) is 5.82 Å². The van der Waals surface area contributed by atoms with Crippen LogP contribution in [0, 0.1) is 5.82 Å². The van der Waals surface area contributed by atoms with E-state index in [1.54, 1.807) is 6.92 Å². The molecule has 0 saturated heterocycles. The van der Waals surface area contributed by atoms with Crippen molar-refractivity contribution in [2.75, 3.05) is 0 Å². The largest absolute Gasteiger partial charge is 0.342 e. The van der Waals surface area contributed by atoms with Crippen molar-refractivity contribution in [2.45, 2.75) is 13.0 Å². The molecule has 0 saturated carbocycles. The number of amides is 1. The normalized spacial score (nSPS) is 12.2. The molecule has 94 valence electrons. The van der Waals surface area contributed by atoms with Crippen LogP contribution in [-0.2, 0) is 0 Å². The summed E-state index contributed by atoms with van der Waals surface area (Å²) in [6.45, 7) is 1.70. The number of tetrazole rings is 1. The Balaban J connectivity index is 2.15. The maximum absolute atomic E-state index is 13.1. The highest BCUT2D eigenvalue weighted by Gasteiger charge is 2.17. The molecule has 1 unspecified atom stereocenters.